The summed E-state index contributed by atoms with van der Waals surface area (Å²) in [4.78, 5) is 38.5. The highest BCUT2D eigenvalue weighted by Gasteiger charge is 2.48. The van der Waals surface area contributed by atoms with E-state index in [9.17, 15) is 9.59 Å². The van der Waals surface area contributed by atoms with Gasteiger partial charge < -0.3 is 19.8 Å². The van der Waals surface area contributed by atoms with Crippen molar-refractivity contribution in [3.8, 4) is 0 Å². The van der Waals surface area contributed by atoms with Crippen molar-refractivity contribution in [3.63, 3.8) is 0 Å². The van der Waals surface area contributed by atoms with Crippen molar-refractivity contribution >= 4 is 28.9 Å². The predicted molar refractivity (Wildman–Crippen MR) is 98.8 cm³/mol. The maximum atomic E-state index is 12.4. The van der Waals surface area contributed by atoms with Gasteiger partial charge >= 0.3 is 0 Å². The number of nitrogens with one attached hydrogen (secondary N) is 1. The molecule has 1 spiro atoms. The lowest BCUT2D eigenvalue weighted by atomic mass is 9.96. The minimum atomic E-state index is -0.581. The number of likely N-dealkylation sites (tertiary alicyclic amines) is 1. The van der Waals surface area contributed by atoms with Crippen LogP contribution in [0.2, 0.25) is 0 Å². The maximum absolute atomic E-state index is 12.4. The molecule has 146 valence electrons. The molecular formula is C17H23N5O4S. The molecule has 4 rings (SSSR count). The maximum Gasteiger partial charge on any atom is 0.273 e. The summed E-state index contributed by atoms with van der Waals surface area (Å²) in [6, 6.07) is 0. The van der Waals surface area contributed by atoms with Gasteiger partial charge in [-0.05, 0) is 0 Å². The number of carbonyl (C=O) groups excluding carboxylic acids is 2. The van der Waals surface area contributed by atoms with E-state index in [1.807, 2.05) is 0 Å². The lowest BCUT2D eigenvalue weighted by Gasteiger charge is -2.26. The van der Waals surface area contributed by atoms with E-state index in [2.05, 4.69) is 20.4 Å². The van der Waals surface area contributed by atoms with Gasteiger partial charge in [0.05, 0.1) is 25.3 Å². The third-order valence-electron chi connectivity index (χ3n) is 5.17. The predicted octanol–water partition coefficient (Wildman–Crippen LogP) is -0.0475. The van der Waals surface area contributed by atoms with Crippen molar-refractivity contribution in [1.29, 1.82) is 0 Å². The Bertz CT molecular complexity index is 719. The first-order valence-corrected chi connectivity index (χ1v) is 10.1. The van der Waals surface area contributed by atoms with Crippen LogP contribution in [-0.4, -0.2) is 90.4 Å². The molecule has 10 heteroatoms. The molecule has 9 nitrogen and oxygen atoms in total. The molecule has 0 bridgehead atoms. The second-order valence-corrected chi connectivity index (χ2v) is 7.77. The summed E-state index contributed by atoms with van der Waals surface area (Å²) < 4.78 is 5.32. The van der Waals surface area contributed by atoms with Crippen molar-refractivity contribution in [2.45, 2.75) is 18.4 Å². The third-order valence-corrected chi connectivity index (χ3v) is 5.76. The lowest BCUT2D eigenvalue weighted by Crippen LogP contribution is -2.43. The number of amides is 2. The number of thiazole rings is 1. The summed E-state index contributed by atoms with van der Waals surface area (Å²) in [6.07, 6.45) is 1.09. The van der Waals surface area contributed by atoms with Crippen LogP contribution in [0.1, 0.15) is 23.3 Å². The lowest BCUT2D eigenvalue weighted by molar-refractivity contribution is -0.115. The second kappa shape index (κ2) is 7.91. The van der Waals surface area contributed by atoms with Gasteiger partial charge in [-0.1, -0.05) is 5.16 Å². The highest BCUT2D eigenvalue weighted by Crippen LogP contribution is 2.34. The van der Waals surface area contributed by atoms with Crippen LogP contribution in [0.3, 0.4) is 0 Å². The van der Waals surface area contributed by atoms with Crippen LogP contribution >= 0.6 is 11.3 Å². The van der Waals surface area contributed by atoms with Crippen LogP contribution in [-0.2, 0) is 14.4 Å². The number of carbonyl (C=O) groups is 2. The fourth-order valence-electron chi connectivity index (χ4n) is 3.61. The van der Waals surface area contributed by atoms with Crippen molar-refractivity contribution < 1.29 is 19.2 Å². The molecule has 27 heavy (non-hydrogen) atoms. The van der Waals surface area contributed by atoms with Gasteiger partial charge in [-0.25, -0.2) is 4.98 Å². The molecule has 2 amide bonds. The topological polar surface area (TPSA) is 96.4 Å². The highest BCUT2D eigenvalue weighted by atomic mass is 32.1. The van der Waals surface area contributed by atoms with E-state index in [-0.39, 0.29) is 11.8 Å². The Balaban J connectivity index is 1.24. The Morgan fingerprint density at radius 3 is 2.93 bits per heavy atom. The summed E-state index contributed by atoms with van der Waals surface area (Å²) in [5.41, 5.74) is 1.92. The first kappa shape index (κ1) is 18.3. The Morgan fingerprint density at radius 2 is 2.15 bits per heavy atom. The van der Waals surface area contributed by atoms with E-state index in [0.29, 0.717) is 43.9 Å². The molecule has 3 aliphatic heterocycles. The summed E-state index contributed by atoms with van der Waals surface area (Å²) in [6.45, 7) is 5.65. The van der Waals surface area contributed by atoms with Gasteiger partial charge in [-0.2, -0.15) is 0 Å². The molecule has 0 unspecified atom stereocenters. The highest BCUT2D eigenvalue weighted by molar-refractivity contribution is 7.07. The quantitative estimate of drug-likeness (QED) is 0.754. The van der Waals surface area contributed by atoms with E-state index in [1.54, 1.807) is 15.8 Å². The molecule has 0 aliphatic carbocycles. The number of ether oxygens (including phenoxy) is 1. The van der Waals surface area contributed by atoms with Gasteiger partial charge in [0.25, 0.3) is 11.8 Å². The van der Waals surface area contributed by atoms with E-state index >= 15 is 0 Å². The molecular weight excluding hydrogens is 370 g/mol. The molecule has 0 radical (unpaired) electrons. The number of nitrogens with zero attached hydrogens (tertiary/aromatic N) is 4. The molecule has 4 heterocycles. The summed E-state index contributed by atoms with van der Waals surface area (Å²) in [5.74, 6) is -0.287. The molecule has 0 saturated carbocycles. The summed E-state index contributed by atoms with van der Waals surface area (Å²) in [7, 11) is 0. The average molecular weight is 393 g/mol. The standard InChI is InChI=1S/C17H23N5O4S/c23-15(18-2-4-21-5-7-25-8-6-21)13-9-17(26-20-13)1-3-22(11-17)16(24)14-10-27-12-19-14/h10,12H,1-9,11H2,(H,18,23)/t17-/m1/s1. The molecule has 1 N–H and O–H groups in total. The monoisotopic (exact) mass is 393 g/mol. The van der Waals surface area contributed by atoms with E-state index in [0.717, 1.165) is 32.8 Å². The van der Waals surface area contributed by atoms with E-state index in [4.69, 9.17) is 9.57 Å². The number of hydrogen-bond acceptors (Lipinski definition) is 8. The van der Waals surface area contributed by atoms with Gasteiger partial charge in [0.15, 0.2) is 5.60 Å². The van der Waals surface area contributed by atoms with Crippen molar-refractivity contribution in [1.82, 2.24) is 20.1 Å². The number of hydrogen-bond donors (Lipinski definition) is 1. The number of aromatic nitrogens is 1. The Hall–Kier alpha value is -2.04. The first-order chi connectivity index (χ1) is 13.2. The van der Waals surface area contributed by atoms with Gasteiger partial charge in [0.2, 0.25) is 0 Å². The van der Waals surface area contributed by atoms with Crippen molar-refractivity contribution in [2.24, 2.45) is 5.16 Å². The SMILES string of the molecule is O=C(NCCN1CCOCC1)C1=NO[C@]2(CCN(C(=O)c3cscn3)C2)C1. The Kier molecular flexibility index (Phi) is 5.37. The zero-order valence-electron chi connectivity index (χ0n) is 15.1. The third kappa shape index (κ3) is 4.12. The number of oxime groups is 1. The first-order valence-electron chi connectivity index (χ1n) is 9.16. The minimum absolute atomic E-state index is 0.0971. The molecule has 1 aromatic heterocycles. The van der Waals surface area contributed by atoms with Gasteiger partial charge in [-0.15, -0.1) is 11.3 Å². The second-order valence-electron chi connectivity index (χ2n) is 7.05. The normalized spacial score (nSPS) is 25.5. The molecule has 1 atom stereocenters. The fourth-order valence-corrected chi connectivity index (χ4v) is 4.14. The zero-order valence-corrected chi connectivity index (χ0v) is 15.9. The van der Waals surface area contributed by atoms with E-state index < -0.39 is 5.60 Å². The van der Waals surface area contributed by atoms with E-state index in [1.165, 1.54) is 11.3 Å². The van der Waals surface area contributed by atoms with Crippen LogP contribution < -0.4 is 5.32 Å². The number of rotatable bonds is 5. The van der Waals surface area contributed by atoms with Crippen LogP contribution in [0.25, 0.3) is 0 Å². The fraction of sp³-hybridized carbons (Fsp3) is 0.647. The zero-order chi connectivity index (χ0) is 18.7. The van der Waals surface area contributed by atoms with Crippen LogP contribution in [0, 0.1) is 0 Å². The summed E-state index contributed by atoms with van der Waals surface area (Å²) in [5, 5.41) is 8.67. The smallest absolute Gasteiger partial charge is 0.273 e. The Labute approximate surface area is 161 Å². The van der Waals surface area contributed by atoms with Crippen molar-refractivity contribution in [3.05, 3.63) is 16.6 Å². The van der Waals surface area contributed by atoms with Gasteiger partial charge in [0, 0.05) is 50.9 Å². The van der Waals surface area contributed by atoms with Crippen LogP contribution in [0.15, 0.2) is 16.0 Å². The van der Waals surface area contributed by atoms with Crippen molar-refractivity contribution in [2.75, 3.05) is 52.5 Å². The van der Waals surface area contributed by atoms with Gasteiger partial charge in [-0.3, -0.25) is 14.5 Å². The molecule has 1 aromatic rings. The van der Waals surface area contributed by atoms with Gasteiger partial charge in [0.1, 0.15) is 11.4 Å². The largest absolute Gasteiger partial charge is 0.386 e. The number of morpholine rings is 1. The Morgan fingerprint density at radius 1 is 1.30 bits per heavy atom. The molecule has 2 saturated heterocycles. The molecule has 2 fully saturated rings. The molecule has 0 aromatic carbocycles. The molecule has 3 aliphatic rings. The van der Waals surface area contributed by atoms with Crippen LogP contribution in [0.5, 0.6) is 0 Å². The minimum Gasteiger partial charge on any atom is -0.386 e. The average Bonchev–Trinajstić information content (AvgIpc) is 3.44. The van der Waals surface area contributed by atoms with Crippen LogP contribution in [0.4, 0.5) is 0 Å². The summed E-state index contributed by atoms with van der Waals surface area (Å²) >= 11 is 1.40.